The summed E-state index contributed by atoms with van der Waals surface area (Å²) in [5, 5.41) is 12.9. The summed E-state index contributed by atoms with van der Waals surface area (Å²) in [5.41, 5.74) is 3.90. The zero-order valence-electron chi connectivity index (χ0n) is 10.8. The number of rotatable bonds is 4. The molecule has 2 aromatic rings. The highest BCUT2D eigenvalue weighted by Crippen LogP contribution is 2.20. The SMILES string of the molecule is CCc1ccc(CNc2ccc(Cl)cc2C#N)cc1. The van der Waals surface area contributed by atoms with Crippen LogP contribution in [0.5, 0.6) is 0 Å². The van der Waals surface area contributed by atoms with E-state index in [-0.39, 0.29) is 0 Å². The Morgan fingerprint density at radius 3 is 2.42 bits per heavy atom. The van der Waals surface area contributed by atoms with Crippen LogP contribution in [0.25, 0.3) is 0 Å². The van der Waals surface area contributed by atoms with Gasteiger partial charge in [0.25, 0.3) is 0 Å². The fraction of sp³-hybridized carbons (Fsp3) is 0.188. The molecule has 19 heavy (non-hydrogen) atoms. The number of nitrogens with one attached hydrogen (secondary N) is 1. The summed E-state index contributed by atoms with van der Waals surface area (Å²) in [6, 6.07) is 15.9. The van der Waals surface area contributed by atoms with Crippen molar-refractivity contribution in [1.82, 2.24) is 0 Å². The van der Waals surface area contributed by atoms with Crippen LogP contribution >= 0.6 is 11.6 Å². The van der Waals surface area contributed by atoms with Gasteiger partial charge in [-0.2, -0.15) is 5.26 Å². The molecule has 0 spiro atoms. The van der Waals surface area contributed by atoms with Gasteiger partial charge in [-0.1, -0.05) is 42.8 Å². The Hall–Kier alpha value is -1.98. The quantitative estimate of drug-likeness (QED) is 0.895. The van der Waals surface area contributed by atoms with Gasteiger partial charge in [0.1, 0.15) is 6.07 Å². The standard InChI is InChI=1S/C16H15ClN2/c1-2-12-3-5-13(6-4-12)11-19-16-8-7-15(17)9-14(16)10-18/h3-9,19H,2,11H2,1H3. The molecule has 96 valence electrons. The van der Waals surface area contributed by atoms with Crippen molar-refractivity contribution in [1.29, 1.82) is 5.26 Å². The number of hydrogen-bond donors (Lipinski definition) is 1. The van der Waals surface area contributed by atoms with Crippen LogP contribution in [0.3, 0.4) is 0 Å². The number of anilines is 1. The molecule has 0 unspecified atom stereocenters. The monoisotopic (exact) mass is 270 g/mol. The van der Waals surface area contributed by atoms with E-state index in [1.165, 1.54) is 11.1 Å². The second kappa shape index (κ2) is 6.26. The van der Waals surface area contributed by atoms with Crippen molar-refractivity contribution in [3.63, 3.8) is 0 Å². The lowest BCUT2D eigenvalue weighted by Crippen LogP contribution is -2.01. The van der Waals surface area contributed by atoms with Crippen molar-refractivity contribution in [3.8, 4) is 6.07 Å². The average molecular weight is 271 g/mol. The molecular formula is C16H15ClN2. The molecule has 0 aliphatic rings. The van der Waals surface area contributed by atoms with E-state index in [1.807, 2.05) is 6.07 Å². The van der Waals surface area contributed by atoms with Crippen LogP contribution in [-0.4, -0.2) is 0 Å². The first-order valence-electron chi connectivity index (χ1n) is 6.24. The summed E-state index contributed by atoms with van der Waals surface area (Å²) in [5.74, 6) is 0. The molecule has 3 heteroatoms. The lowest BCUT2D eigenvalue weighted by Gasteiger charge is -2.09. The minimum atomic E-state index is 0.567. The Morgan fingerprint density at radius 2 is 1.79 bits per heavy atom. The van der Waals surface area contributed by atoms with E-state index in [2.05, 4.69) is 42.6 Å². The van der Waals surface area contributed by atoms with E-state index < -0.39 is 0 Å². The van der Waals surface area contributed by atoms with E-state index in [4.69, 9.17) is 16.9 Å². The first-order valence-corrected chi connectivity index (χ1v) is 6.62. The molecule has 0 atom stereocenters. The van der Waals surface area contributed by atoms with Crippen LogP contribution in [0.15, 0.2) is 42.5 Å². The van der Waals surface area contributed by atoms with Crippen molar-refractivity contribution in [3.05, 3.63) is 64.2 Å². The summed E-state index contributed by atoms with van der Waals surface area (Å²) >= 11 is 5.87. The molecule has 2 nitrogen and oxygen atoms in total. The third-order valence-corrected chi connectivity index (χ3v) is 3.25. The lowest BCUT2D eigenvalue weighted by atomic mass is 10.1. The van der Waals surface area contributed by atoms with Crippen LogP contribution in [0.1, 0.15) is 23.6 Å². The molecule has 0 amide bonds. The largest absolute Gasteiger partial charge is 0.380 e. The average Bonchev–Trinajstić information content (AvgIpc) is 2.46. The van der Waals surface area contributed by atoms with Gasteiger partial charge in [0.15, 0.2) is 0 Å². The Bertz CT molecular complexity index is 597. The zero-order chi connectivity index (χ0) is 13.7. The van der Waals surface area contributed by atoms with E-state index in [9.17, 15) is 0 Å². The summed E-state index contributed by atoms with van der Waals surface area (Å²) in [4.78, 5) is 0. The molecule has 0 bridgehead atoms. The van der Waals surface area contributed by atoms with Crippen molar-refractivity contribution in [2.45, 2.75) is 19.9 Å². The Labute approximate surface area is 118 Å². The minimum absolute atomic E-state index is 0.567. The molecule has 0 aliphatic heterocycles. The fourth-order valence-electron chi connectivity index (χ4n) is 1.85. The summed E-state index contributed by atoms with van der Waals surface area (Å²) < 4.78 is 0. The topological polar surface area (TPSA) is 35.8 Å². The van der Waals surface area contributed by atoms with Crippen LogP contribution in [0.2, 0.25) is 5.02 Å². The second-order valence-corrected chi connectivity index (χ2v) is 4.76. The Morgan fingerprint density at radius 1 is 1.11 bits per heavy atom. The lowest BCUT2D eigenvalue weighted by molar-refractivity contribution is 1.10. The van der Waals surface area contributed by atoms with Gasteiger partial charge in [-0.05, 0) is 35.7 Å². The maximum Gasteiger partial charge on any atom is 0.101 e. The molecular weight excluding hydrogens is 256 g/mol. The maximum absolute atomic E-state index is 9.06. The molecule has 0 fully saturated rings. The normalized spacial score (nSPS) is 9.95. The maximum atomic E-state index is 9.06. The number of hydrogen-bond acceptors (Lipinski definition) is 2. The van der Waals surface area contributed by atoms with E-state index >= 15 is 0 Å². The Kier molecular flexibility index (Phi) is 4.43. The second-order valence-electron chi connectivity index (χ2n) is 4.33. The Balaban J connectivity index is 2.08. The first kappa shape index (κ1) is 13.5. The van der Waals surface area contributed by atoms with Gasteiger partial charge >= 0.3 is 0 Å². The van der Waals surface area contributed by atoms with Crippen LogP contribution < -0.4 is 5.32 Å². The van der Waals surface area contributed by atoms with E-state index in [0.717, 1.165) is 12.1 Å². The van der Waals surface area contributed by atoms with Crippen molar-refractivity contribution >= 4 is 17.3 Å². The molecule has 2 rings (SSSR count). The molecule has 2 aromatic carbocycles. The molecule has 0 saturated heterocycles. The van der Waals surface area contributed by atoms with E-state index in [1.54, 1.807) is 12.1 Å². The number of benzene rings is 2. The minimum Gasteiger partial charge on any atom is -0.380 e. The first-order chi connectivity index (χ1) is 9.22. The van der Waals surface area contributed by atoms with Crippen molar-refractivity contribution in [2.75, 3.05) is 5.32 Å². The van der Waals surface area contributed by atoms with Gasteiger partial charge in [0.2, 0.25) is 0 Å². The van der Waals surface area contributed by atoms with Crippen molar-refractivity contribution in [2.24, 2.45) is 0 Å². The van der Waals surface area contributed by atoms with Crippen LogP contribution in [0.4, 0.5) is 5.69 Å². The highest BCUT2D eigenvalue weighted by Gasteiger charge is 2.02. The summed E-state index contributed by atoms with van der Waals surface area (Å²) in [6.07, 6.45) is 1.05. The van der Waals surface area contributed by atoms with Crippen LogP contribution in [-0.2, 0) is 13.0 Å². The summed E-state index contributed by atoms with van der Waals surface area (Å²) in [6.45, 7) is 2.83. The smallest absolute Gasteiger partial charge is 0.101 e. The number of aryl methyl sites for hydroxylation is 1. The van der Waals surface area contributed by atoms with Gasteiger partial charge in [0.05, 0.1) is 11.3 Å². The van der Waals surface area contributed by atoms with E-state index in [0.29, 0.717) is 17.1 Å². The highest BCUT2D eigenvalue weighted by atomic mass is 35.5. The predicted molar refractivity (Wildman–Crippen MR) is 79.3 cm³/mol. The van der Waals surface area contributed by atoms with Gasteiger partial charge in [0, 0.05) is 11.6 Å². The number of halogens is 1. The molecule has 0 heterocycles. The number of nitriles is 1. The predicted octanol–water partition coefficient (Wildman–Crippen LogP) is 4.39. The van der Waals surface area contributed by atoms with Gasteiger partial charge in [-0.15, -0.1) is 0 Å². The molecule has 0 aliphatic carbocycles. The third kappa shape index (κ3) is 3.49. The summed E-state index contributed by atoms with van der Waals surface area (Å²) in [7, 11) is 0. The van der Waals surface area contributed by atoms with Gasteiger partial charge in [-0.3, -0.25) is 0 Å². The zero-order valence-corrected chi connectivity index (χ0v) is 11.5. The third-order valence-electron chi connectivity index (χ3n) is 3.02. The molecule has 1 N–H and O–H groups in total. The van der Waals surface area contributed by atoms with Crippen molar-refractivity contribution < 1.29 is 0 Å². The fourth-order valence-corrected chi connectivity index (χ4v) is 2.03. The molecule has 0 aromatic heterocycles. The van der Waals surface area contributed by atoms with Gasteiger partial charge in [-0.25, -0.2) is 0 Å². The van der Waals surface area contributed by atoms with Gasteiger partial charge < -0.3 is 5.32 Å². The highest BCUT2D eigenvalue weighted by molar-refractivity contribution is 6.30. The molecule has 0 radical (unpaired) electrons. The molecule has 0 saturated carbocycles. The number of nitrogens with zero attached hydrogens (tertiary/aromatic N) is 1. The van der Waals surface area contributed by atoms with Crippen LogP contribution in [0, 0.1) is 11.3 Å².